The van der Waals surface area contributed by atoms with Crippen LogP contribution in [0.3, 0.4) is 0 Å². The third kappa shape index (κ3) is 44.0. The molecular formula is C50H78NO9P. The summed E-state index contributed by atoms with van der Waals surface area (Å²) in [6, 6.07) is -1.50. The smallest absolute Gasteiger partial charge is 0.472 e. The Kier molecular flexibility index (Phi) is 41.4. The third-order valence-electron chi connectivity index (χ3n) is 8.46. The summed E-state index contributed by atoms with van der Waals surface area (Å²) in [7, 11) is -4.66. The van der Waals surface area contributed by atoms with Crippen molar-refractivity contribution in [3.63, 3.8) is 0 Å². The molecule has 0 aliphatic rings. The Hall–Kier alpha value is -3.89. The van der Waals surface area contributed by atoms with Gasteiger partial charge >= 0.3 is 19.8 Å². The number of hydrogen-bond donors (Lipinski definition) is 3. The number of esters is 1. The third-order valence-corrected chi connectivity index (χ3v) is 9.41. The molecule has 0 rings (SSSR count). The lowest BCUT2D eigenvalue weighted by Crippen LogP contribution is -2.34. The number of rotatable bonds is 40. The number of allylic oxidation sites excluding steroid dienone is 21. The zero-order valence-corrected chi connectivity index (χ0v) is 38.1. The summed E-state index contributed by atoms with van der Waals surface area (Å²) in [5.74, 6) is -1.94. The fraction of sp³-hybridized carbons (Fsp3) is 0.520. The van der Waals surface area contributed by atoms with Crippen molar-refractivity contribution in [3.8, 4) is 0 Å². The van der Waals surface area contributed by atoms with Crippen LogP contribution in [0.2, 0.25) is 0 Å². The molecule has 0 radical (unpaired) electrons. The maximum absolute atomic E-state index is 12.6. The number of carboxylic acid groups (broad SMARTS) is 1. The summed E-state index contributed by atoms with van der Waals surface area (Å²) in [6.07, 6.45) is 62.5. The average molecular weight is 868 g/mol. The molecule has 10 nitrogen and oxygen atoms in total. The standard InChI is InChI=1S/C50H78NO9P/c1-3-5-7-9-11-13-15-17-19-20-21-22-23-24-25-26-27-29-31-33-35-37-39-41-43-57-44-47(45-58-61(55,56)59-46-48(51)50(53)54)60-49(52)42-40-38-36-34-32-30-28-18-16-14-12-10-8-6-4-2/h5-8,11-14,17-19,21-22,24-25,27-29,32,34,38,40,47-48H,3-4,9-10,15-16,20,23,26,30-31,33,35-37,39,41-46,51H2,1-2H3,(H,53,54)(H,55,56)/b7-5-,8-6-,13-11-,14-12-,19-17-,22-21-,25-24-,28-18-,29-27-,34-32-,40-38-. The normalized spacial score (nSPS) is 15.1. The summed E-state index contributed by atoms with van der Waals surface area (Å²) in [5.41, 5.74) is 5.35. The number of nitrogens with two attached hydrogens (primary N) is 1. The number of ether oxygens (including phenoxy) is 2. The van der Waals surface area contributed by atoms with Crippen LogP contribution in [0.15, 0.2) is 134 Å². The minimum atomic E-state index is -4.66. The molecule has 0 spiro atoms. The average Bonchev–Trinajstić information content (AvgIpc) is 3.24. The molecule has 0 aliphatic heterocycles. The van der Waals surface area contributed by atoms with E-state index >= 15 is 0 Å². The molecule has 0 aromatic heterocycles. The summed E-state index contributed by atoms with van der Waals surface area (Å²) in [4.78, 5) is 33.5. The second-order valence-corrected chi connectivity index (χ2v) is 15.5. The first-order chi connectivity index (χ1) is 29.7. The zero-order valence-electron chi connectivity index (χ0n) is 37.2. The minimum Gasteiger partial charge on any atom is -0.480 e. The van der Waals surface area contributed by atoms with Gasteiger partial charge in [0.25, 0.3) is 0 Å². The quantitative estimate of drug-likeness (QED) is 0.0235. The Balaban J connectivity index is 4.39. The number of hydrogen-bond acceptors (Lipinski definition) is 8. The number of aliphatic carboxylic acids is 1. The Morgan fingerprint density at radius 1 is 0.525 bits per heavy atom. The van der Waals surface area contributed by atoms with Gasteiger partial charge in [-0.25, -0.2) is 4.57 Å². The first kappa shape index (κ1) is 57.1. The van der Waals surface area contributed by atoms with Crippen molar-refractivity contribution >= 4 is 19.8 Å². The van der Waals surface area contributed by atoms with Crippen LogP contribution in [-0.2, 0) is 32.7 Å². The van der Waals surface area contributed by atoms with Gasteiger partial charge in [0.05, 0.1) is 26.2 Å². The van der Waals surface area contributed by atoms with Gasteiger partial charge < -0.3 is 25.2 Å². The van der Waals surface area contributed by atoms with E-state index in [2.05, 4.69) is 129 Å². The molecule has 11 heteroatoms. The van der Waals surface area contributed by atoms with Crippen molar-refractivity contribution in [3.05, 3.63) is 134 Å². The number of phosphoric ester groups is 1. The summed E-state index contributed by atoms with van der Waals surface area (Å²) >= 11 is 0. The number of phosphoric acid groups is 1. The highest BCUT2D eigenvalue weighted by molar-refractivity contribution is 7.47. The van der Waals surface area contributed by atoms with E-state index in [0.717, 1.165) is 103 Å². The number of carbonyl (C=O) groups is 2. The van der Waals surface area contributed by atoms with Gasteiger partial charge in [-0.15, -0.1) is 0 Å². The summed E-state index contributed by atoms with van der Waals surface area (Å²) in [5, 5.41) is 8.90. The molecule has 0 fully saturated rings. The molecular weight excluding hydrogens is 790 g/mol. The SMILES string of the molecule is CC/C=C\C/C=C\C/C=C\C/C=C\C/C=C\C/C=C\CCCCCCCOCC(COP(=O)(O)OCC(N)C(=O)O)OC(=O)C/C=C\C/C=C\C/C=C\C/C=C\C/C=C\CC. The molecule has 0 aliphatic carbocycles. The van der Waals surface area contributed by atoms with Crippen LogP contribution in [0, 0.1) is 0 Å². The number of unbranched alkanes of at least 4 members (excludes halogenated alkanes) is 5. The lowest BCUT2D eigenvalue weighted by Gasteiger charge is -2.20. The predicted molar refractivity (Wildman–Crippen MR) is 253 cm³/mol. The summed E-state index contributed by atoms with van der Waals surface area (Å²) < 4.78 is 33.2. The van der Waals surface area contributed by atoms with Gasteiger partial charge in [-0.2, -0.15) is 0 Å². The van der Waals surface area contributed by atoms with Crippen molar-refractivity contribution in [2.24, 2.45) is 5.73 Å². The topological polar surface area (TPSA) is 155 Å². The van der Waals surface area contributed by atoms with Gasteiger partial charge in [-0.1, -0.05) is 167 Å². The van der Waals surface area contributed by atoms with Crippen molar-refractivity contribution < 1.29 is 42.7 Å². The van der Waals surface area contributed by atoms with Crippen LogP contribution in [0.1, 0.15) is 129 Å². The lowest BCUT2D eigenvalue weighted by molar-refractivity contribution is -0.153. The maximum Gasteiger partial charge on any atom is 0.472 e. The van der Waals surface area contributed by atoms with Gasteiger partial charge in [-0.3, -0.25) is 18.6 Å². The molecule has 4 N–H and O–H groups in total. The largest absolute Gasteiger partial charge is 0.480 e. The Morgan fingerprint density at radius 3 is 1.34 bits per heavy atom. The van der Waals surface area contributed by atoms with E-state index < -0.39 is 45.1 Å². The second-order valence-electron chi connectivity index (χ2n) is 14.1. The van der Waals surface area contributed by atoms with Gasteiger partial charge in [0.15, 0.2) is 0 Å². The highest BCUT2D eigenvalue weighted by Crippen LogP contribution is 2.43. The first-order valence-corrected chi connectivity index (χ1v) is 23.7. The van der Waals surface area contributed by atoms with E-state index in [9.17, 15) is 19.0 Å². The van der Waals surface area contributed by atoms with Crippen LogP contribution >= 0.6 is 7.82 Å². The molecule has 61 heavy (non-hydrogen) atoms. The van der Waals surface area contributed by atoms with Crippen molar-refractivity contribution in [1.29, 1.82) is 0 Å². The van der Waals surface area contributed by atoms with E-state index in [1.807, 2.05) is 12.2 Å². The van der Waals surface area contributed by atoms with E-state index in [1.54, 1.807) is 6.08 Å². The Labute approximate surface area is 368 Å². The van der Waals surface area contributed by atoms with Crippen LogP contribution in [0.25, 0.3) is 0 Å². The van der Waals surface area contributed by atoms with E-state index in [-0.39, 0.29) is 13.0 Å². The van der Waals surface area contributed by atoms with Crippen LogP contribution < -0.4 is 5.73 Å². The molecule has 3 atom stereocenters. The van der Waals surface area contributed by atoms with Crippen LogP contribution in [0.5, 0.6) is 0 Å². The number of carboxylic acids is 1. The Bertz CT molecular complexity index is 1470. The second kappa shape index (κ2) is 44.2. The molecule has 0 amide bonds. The molecule has 0 saturated carbocycles. The van der Waals surface area contributed by atoms with E-state index in [0.29, 0.717) is 13.0 Å². The van der Waals surface area contributed by atoms with Crippen LogP contribution in [0.4, 0.5) is 0 Å². The minimum absolute atomic E-state index is 0.00332. The lowest BCUT2D eigenvalue weighted by atomic mass is 10.1. The van der Waals surface area contributed by atoms with Crippen molar-refractivity contribution in [1.82, 2.24) is 0 Å². The molecule has 0 aromatic rings. The first-order valence-electron chi connectivity index (χ1n) is 22.2. The van der Waals surface area contributed by atoms with Gasteiger partial charge in [0.2, 0.25) is 0 Å². The highest BCUT2D eigenvalue weighted by atomic mass is 31.2. The van der Waals surface area contributed by atoms with Crippen molar-refractivity contribution in [2.45, 2.75) is 142 Å². The molecule has 0 bridgehead atoms. The maximum atomic E-state index is 12.6. The van der Waals surface area contributed by atoms with Gasteiger partial charge in [0.1, 0.15) is 12.1 Å². The molecule has 3 unspecified atom stereocenters. The highest BCUT2D eigenvalue weighted by Gasteiger charge is 2.27. The van der Waals surface area contributed by atoms with Crippen LogP contribution in [-0.4, -0.2) is 60.5 Å². The predicted octanol–water partition coefficient (Wildman–Crippen LogP) is 12.6. The van der Waals surface area contributed by atoms with E-state index in [1.165, 1.54) is 0 Å². The Morgan fingerprint density at radius 2 is 0.902 bits per heavy atom. The van der Waals surface area contributed by atoms with Crippen molar-refractivity contribution in [2.75, 3.05) is 26.4 Å². The monoisotopic (exact) mass is 868 g/mol. The fourth-order valence-corrected chi connectivity index (χ4v) is 5.87. The molecule has 0 saturated heterocycles. The fourth-order valence-electron chi connectivity index (χ4n) is 5.09. The summed E-state index contributed by atoms with van der Waals surface area (Å²) in [6.45, 7) is 3.44. The van der Waals surface area contributed by atoms with Gasteiger partial charge in [0, 0.05) is 6.61 Å². The van der Waals surface area contributed by atoms with Gasteiger partial charge in [-0.05, 0) is 89.9 Å². The molecule has 0 aromatic carbocycles. The van der Waals surface area contributed by atoms with E-state index in [4.69, 9.17) is 29.4 Å². The molecule has 342 valence electrons. The molecule has 0 heterocycles. The number of carbonyl (C=O) groups excluding carboxylic acids is 1. The zero-order chi connectivity index (χ0) is 44.8.